The molecule has 0 aliphatic heterocycles. The Hall–Kier alpha value is -1.90. The van der Waals surface area contributed by atoms with Crippen molar-refractivity contribution in [2.75, 3.05) is 7.11 Å². The van der Waals surface area contributed by atoms with Gasteiger partial charge in [-0.3, -0.25) is 4.79 Å². The molecule has 0 saturated carbocycles. The average Bonchev–Trinajstić information content (AvgIpc) is 2.29. The van der Waals surface area contributed by atoms with Crippen LogP contribution < -0.4 is 4.74 Å². The zero-order valence-corrected chi connectivity index (χ0v) is 8.47. The Morgan fingerprint density at radius 3 is 2.67 bits per heavy atom. The van der Waals surface area contributed by atoms with Gasteiger partial charge in [0, 0.05) is 12.0 Å². The quantitative estimate of drug-likeness (QED) is 0.690. The highest BCUT2D eigenvalue weighted by Gasteiger charge is 2.00. The summed E-state index contributed by atoms with van der Waals surface area (Å²) in [4.78, 5) is 20.9. The fraction of sp³-hybridized carbons (Fsp3) is 0.167. The predicted octanol–water partition coefficient (Wildman–Crippen LogP) is 2.11. The summed E-state index contributed by atoms with van der Waals surface area (Å²) in [7, 11) is 1.55. The predicted molar refractivity (Wildman–Crippen MR) is 58.1 cm³/mol. The van der Waals surface area contributed by atoms with Crippen molar-refractivity contribution in [1.29, 1.82) is 0 Å². The zero-order valence-electron chi connectivity index (χ0n) is 8.47. The molecule has 0 unspecified atom stereocenters. The molecule has 0 N–H and O–H groups in total. The van der Waals surface area contributed by atoms with Crippen LogP contribution in [0.15, 0.2) is 24.3 Å². The third-order valence-electron chi connectivity index (χ3n) is 1.95. The van der Waals surface area contributed by atoms with Gasteiger partial charge in [0.25, 0.3) is 0 Å². The SMILES string of the molecule is COc1ccc(C=CCC=O)c(C=O)c1. The highest BCUT2D eigenvalue weighted by molar-refractivity contribution is 5.82. The monoisotopic (exact) mass is 204 g/mol. The maximum absolute atomic E-state index is 10.8. The smallest absolute Gasteiger partial charge is 0.150 e. The van der Waals surface area contributed by atoms with Gasteiger partial charge < -0.3 is 9.53 Å². The summed E-state index contributed by atoms with van der Waals surface area (Å²) < 4.78 is 5.00. The van der Waals surface area contributed by atoms with Gasteiger partial charge in [0.1, 0.15) is 12.0 Å². The van der Waals surface area contributed by atoms with E-state index in [2.05, 4.69) is 0 Å². The van der Waals surface area contributed by atoms with E-state index in [-0.39, 0.29) is 0 Å². The molecule has 1 rings (SSSR count). The van der Waals surface area contributed by atoms with Crippen molar-refractivity contribution in [2.24, 2.45) is 0 Å². The highest BCUT2D eigenvalue weighted by Crippen LogP contribution is 2.17. The fourth-order valence-electron chi connectivity index (χ4n) is 1.18. The van der Waals surface area contributed by atoms with Crippen LogP contribution in [0.3, 0.4) is 0 Å². The second-order valence-corrected chi connectivity index (χ2v) is 2.92. The van der Waals surface area contributed by atoms with Gasteiger partial charge in [-0.15, -0.1) is 0 Å². The molecule has 3 heteroatoms. The van der Waals surface area contributed by atoms with Crippen molar-refractivity contribution in [3.8, 4) is 5.75 Å². The normalized spacial score (nSPS) is 10.2. The van der Waals surface area contributed by atoms with Crippen LogP contribution in [0, 0.1) is 0 Å². The summed E-state index contributed by atoms with van der Waals surface area (Å²) >= 11 is 0. The van der Waals surface area contributed by atoms with Crippen molar-refractivity contribution in [3.05, 3.63) is 35.4 Å². The minimum Gasteiger partial charge on any atom is -0.497 e. The summed E-state index contributed by atoms with van der Waals surface area (Å²) in [5.74, 6) is 0.643. The third-order valence-corrected chi connectivity index (χ3v) is 1.95. The van der Waals surface area contributed by atoms with Gasteiger partial charge in [-0.2, -0.15) is 0 Å². The Morgan fingerprint density at radius 2 is 2.07 bits per heavy atom. The minimum absolute atomic E-state index is 0.352. The lowest BCUT2D eigenvalue weighted by molar-refractivity contribution is -0.107. The lowest BCUT2D eigenvalue weighted by Gasteiger charge is -2.02. The van der Waals surface area contributed by atoms with Gasteiger partial charge in [0.15, 0.2) is 6.29 Å². The first kappa shape index (κ1) is 11.2. The number of methoxy groups -OCH3 is 1. The van der Waals surface area contributed by atoms with Crippen LogP contribution in [0.1, 0.15) is 22.3 Å². The molecule has 0 aliphatic rings. The van der Waals surface area contributed by atoms with Crippen molar-refractivity contribution in [3.63, 3.8) is 0 Å². The maximum Gasteiger partial charge on any atom is 0.150 e. The Balaban J connectivity index is 2.96. The van der Waals surface area contributed by atoms with E-state index in [9.17, 15) is 9.59 Å². The standard InChI is InChI=1S/C12H12O3/c1-15-12-6-5-10(4-2-3-7-13)11(8-12)9-14/h2,4-9H,3H2,1H3. The number of carbonyl (C=O) groups excluding carboxylic acids is 2. The molecular weight excluding hydrogens is 192 g/mol. The summed E-state index contributed by atoms with van der Waals surface area (Å²) in [6, 6.07) is 5.21. The van der Waals surface area contributed by atoms with Gasteiger partial charge >= 0.3 is 0 Å². The number of aldehydes is 2. The molecule has 15 heavy (non-hydrogen) atoms. The molecule has 0 atom stereocenters. The second kappa shape index (κ2) is 5.75. The molecule has 0 heterocycles. The topological polar surface area (TPSA) is 43.4 Å². The Bertz CT molecular complexity index is 380. The van der Waals surface area contributed by atoms with Gasteiger partial charge in [-0.1, -0.05) is 18.2 Å². The lowest BCUT2D eigenvalue weighted by atomic mass is 10.1. The summed E-state index contributed by atoms with van der Waals surface area (Å²) in [6.45, 7) is 0. The van der Waals surface area contributed by atoms with Gasteiger partial charge in [0.2, 0.25) is 0 Å². The lowest BCUT2D eigenvalue weighted by Crippen LogP contribution is -1.89. The Labute approximate surface area is 88.4 Å². The number of hydrogen-bond acceptors (Lipinski definition) is 3. The van der Waals surface area contributed by atoms with E-state index in [1.165, 1.54) is 0 Å². The number of allylic oxidation sites excluding steroid dienone is 1. The van der Waals surface area contributed by atoms with E-state index in [1.54, 1.807) is 37.5 Å². The maximum atomic E-state index is 10.8. The van der Waals surface area contributed by atoms with Crippen molar-refractivity contribution in [2.45, 2.75) is 6.42 Å². The van der Waals surface area contributed by atoms with E-state index in [4.69, 9.17) is 4.74 Å². The first-order chi connectivity index (χ1) is 7.31. The van der Waals surface area contributed by atoms with Crippen LogP contribution in [0.2, 0.25) is 0 Å². The molecule has 0 bridgehead atoms. The first-order valence-corrected chi connectivity index (χ1v) is 4.55. The van der Waals surface area contributed by atoms with Crippen LogP contribution in [0.4, 0.5) is 0 Å². The number of ether oxygens (including phenoxy) is 1. The number of rotatable bonds is 5. The van der Waals surface area contributed by atoms with E-state index < -0.39 is 0 Å². The second-order valence-electron chi connectivity index (χ2n) is 2.92. The molecule has 3 nitrogen and oxygen atoms in total. The first-order valence-electron chi connectivity index (χ1n) is 4.55. The van der Waals surface area contributed by atoms with Crippen LogP contribution in [-0.4, -0.2) is 19.7 Å². The molecule has 78 valence electrons. The van der Waals surface area contributed by atoms with Crippen LogP contribution in [-0.2, 0) is 4.79 Å². The summed E-state index contributed by atoms with van der Waals surface area (Å²) in [5.41, 5.74) is 1.34. The molecule has 0 aromatic heterocycles. The number of hydrogen-bond donors (Lipinski definition) is 0. The molecule has 1 aromatic rings. The Morgan fingerprint density at radius 1 is 1.27 bits per heavy atom. The zero-order chi connectivity index (χ0) is 11.1. The van der Waals surface area contributed by atoms with Crippen molar-refractivity contribution in [1.82, 2.24) is 0 Å². The largest absolute Gasteiger partial charge is 0.497 e. The molecule has 0 fully saturated rings. The minimum atomic E-state index is 0.352. The third kappa shape index (κ3) is 3.06. The van der Waals surface area contributed by atoms with E-state index in [0.29, 0.717) is 17.7 Å². The van der Waals surface area contributed by atoms with Gasteiger partial charge in [0.05, 0.1) is 7.11 Å². The summed E-state index contributed by atoms with van der Waals surface area (Å²) in [6.07, 6.45) is 5.38. The molecular formula is C12H12O3. The molecule has 0 saturated heterocycles. The molecule has 0 spiro atoms. The summed E-state index contributed by atoms with van der Waals surface area (Å²) in [5, 5.41) is 0. The van der Waals surface area contributed by atoms with Crippen LogP contribution >= 0.6 is 0 Å². The fourth-order valence-corrected chi connectivity index (χ4v) is 1.18. The van der Waals surface area contributed by atoms with Crippen LogP contribution in [0.5, 0.6) is 5.75 Å². The van der Waals surface area contributed by atoms with Crippen molar-refractivity contribution < 1.29 is 14.3 Å². The molecule has 0 radical (unpaired) electrons. The number of carbonyl (C=O) groups is 2. The van der Waals surface area contributed by atoms with Gasteiger partial charge in [-0.25, -0.2) is 0 Å². The Kier molecular flexibility index (Phi) is 4.29. The van der Waals surface area contributed by atoms with Gasteiger partial charge in [-0.05, 0) is 17.7 Å². The highest BCUT2D eigenvalue weighted by atomic mass is 16.5. The molecule has 0 aliphatic carbocycles. The van der Waals surface area contributed by atoms with E-state index >= 15 is 0 Å². The van der Waals surface area contributed by atoms with E-state index in [0.717, 1.165) is 18.1 Å². The molecule has 0 amide bonds. The number of benzene rings is 1. The van der Waals surface area contributed by atoms with Crippen molar-refractivity contribution >= 4 is 18.6 Å². The van der Waals surface area contributed by atoms with E-state index in [1.807, 2.05) is 0 Å². The average molecular weight is 204 g/mol. The molecule has 1 aromatic carbocycles. The van der Waals surface area contributed by atoms with Crippen LogP contribution in [0.25, 0.3) is 6.08 Å².